The summed E-state index contributed by atoms with van der Waals surface area (Å²) in [4.78, 5) is 0. The van der Waals surface area contributed by atoms with Crippen molar-refractivity contribution in [2.45, 2.75) is 31.2 Å². The summed E-state index contributed by atoms with van der Waals surface area (Å²) in [6, 6.07) is 3.30. The highest BCUT2D eigenvalue weighted by Gasteiger charge is 2.37. The number of rotatable bonds is 4. The number of hydrogen-bond acceptors (Lipinski definition) is 3. The van der Waals surface area contributed by atoms with Crippen molar-refractivity contribution in [3.05, 3.63) is 22.7 Å². The Balaban J connectivity index is 2.11. The van der Waals surface area contributed by atoms with Gasteiger partial charge in [0, 0.05) is 16.6 Å². The number of benzene rings is 1. The van der Waals surface area contributed by atoms with E-state index >= 15 is 0 Å². The zero-order valence-electron chi connectivity index (χ0n) is 9.29. The Morgan fingerprint density at radius 1 is 1.50 bits per heavy atom. The van der Waals surface area contributed by atoms with Crippen molar-refractivity contribution in [3.63, 3.8) is 0 Å². The van der Waals surface area contributed by atoms with Crippen LogP contribution in [0.2, 0.25) is 5.02 Å². The molecule has 1 aliphatic rings. The van der Waals surface area contributed by atoms with E-state index in [1.54, 1.807) is 12.1 Å². The number of phenols is 1. The summed E-state index contributed by atoms with van der Waals surface area (Å²) < 4.78 is 4.98. The summed E-state index contributed by atoms with van der Waals surface area (Å²) in [5, 5.41) is 10.3. The Hall–Kier alpha value is -0.930. The lowest BCUT2D eigenvalue weighted by molar-refractivity contribution is 0.373. The Morgan fingerprint density at radius 3 is 2.75 bits per heavy atom. The number of methoxy groups -OCH3 is 1. The fourth-order valence-electron chi connectivity index (χ4n) is 1.74. The van der Waals surface area contributed by atoms with Crippen LogP contribution in [0.1, 0.15) is 24.8 Å². The van der Waals surface area contributed by atoms with E-state index in [9.17, 15) is 5.11 Å². The molecule has 1 fully saturated rings. The van der Waals surface area contributed by atoms with E-state index in [-0.39, 0.29) is 11.3 Å². The van der Waals surface area contributed by atoms with Crippen LogP contribution >= 0.6 is 11.6 Å². The predicted molar refractivity (Wildman–Crippen MR) is 64.1 cm³/mol. The fourth-order valence-corrected chi connectivity index (χ4v) is 1.98. The van der Waals surface area contributed by atoms with Crippen LogP contribution in [0.3, 0.4) is 0 Å². The van der Waals surface area contributed by atoms with Crippen molar-refractivity contribution < 1.29 is 9.84 Å². The monoisotopic (exact) mass is 241 g/mol. The van der Waals surface area contributed by atoms with Gasteiger partial charge < -0.3 is 15.6 Å². The summed E-state index contributed by atoms with van der Waals surface area (Å²) in [5.41, 5.74) is 6.95. The third-order valence-electron chi connectivity index (χ3n) is 3.13. The molecule has 0 amide bonds. The maximum absolute atomic E-state index is 9.65. The van der Waals surface area contributed by atoms with E-state index in [1.807, 2.05) is 0 Å². The molecule has 0 spiro atoms. The minimum Gasteiger partial charge on any atom is -0.504 e. The number of aryl methyl sites for hydroxylation is 1. The van der Waals surface area contributed by atoms with Crippen molar-refractivity contribution in [3.8, 4) is 11.5 Å². The molecule has 0 aromatic heterocycles. The van der Waals surface area contributed by atoms with Gasteiger partial charge in [-0.05, 0) is 37.3 Å². The lowest BCUT2D eigenvalue weighted by Crippen LogP contribution is -2.22. The maximum atomic E-state index is 9.65. The molecule has 0 aliphatic heterocycles. The van der Waals surface area contributed by atoms with Gasteiger partial charge in [0.15, 0.2) is 11.5 Å². The first-order valence-corrected chi connectivity index (χ1v) is 5.76. The summed E-state index contributed by atoms with van der Waals surface area (Å²) in [5.74, 6) is 0.534. The molecule has 0 atom stereocenters. The van der Waals surface area contributed by atoms with Gasteiger partial charge in [0.05, 0.1) is 7.11 Å². The van der Waals surface area contributed by atoms with Crippen LogP contribution in [0.4, 0.5) is 0 Å². The van der Waals surface area contributed by atoms with Gasteiger partial charge >= 0.3 is 0 Å². The molecule has 3 N–H and O–H groups in total. The van der Waals surface area contributed by atoms with Crippen LogP contribution < -0.4 is 10.5 Å². The first-order chi connectivity index (χ1) is 7.54. The van der Waals surface area contributed by atoms with Crippen molar-refractivity contribution in [1.29, 1.82) is 0 Å². The topological polar surface area (TPSA) is 55.5 Å². The molecule has 16 heavy (non-hydrogen) atoms. The van der Waals surface area contributed by atoms with Crippen LogP contribution in [-0.4, -0.2) is 17.8 Å². The first kappa shape index (κ1) is 11.6. The smallest absolute Gasteiger partial charge is 0.161 e. The Labute approximate surface area is 100 Å². The largest absolute Gasteiger partial charge is 0.504 e. The molecule has 2 rings (SSSR count). The average molecular weight is 242 g/mol. The normalized spacial score (nSPS) is 17.2. The summed E-state index contributed by atoms with van der Waals surface area (Å²) in [6.07, 6.45) is 3.89. The second-order valence-electron chi connectivity index (χ2n) is 4.48. The van der Waals surface area contributed by atoms with Gasteiger partial charge in [-0.2, -0.15) is 0 Å². The lowest BCUT2D eigenvalue weighted by atomic mass is 10.0. The molecule has 1 aromatic carbocycles. The van der Waals surface area contributed by atoms with E-state index in [0.29, 0.717) is 10.8 Å². The van der Waals surface area contributed by atoms with E-state index in [1.165, 1.54) is 7.11 Å². The van der Waals surface area contributed by atoms with Crippen LogP contribution in [0.5, 0.6) is 11.5 Å². The maximum Gasteiger partial charge on any atom is 0.161 e. The molecule has 0 heterocycles. The minimum absolute atomic E-state index is 0.0128. The first-order valence-electron chi connectivity index (χ1n) is 5.38. The molecular formula is C12H16ClNO2. The molecule has 1 aliphatic carbocycles. The molecule has 0 unspecified atom stereocenters. The highest BCUT2D eigenvalue weighted by molar-refractivity contribution is 6.31. The van der Waals surface area contributed by atoms with E-state index in [0.717, 1.165) is 31.2 Å². The standard InChI is InChI=1S/C12H16ClNO2/c1-16-11-7-9(13)8(6-10(11)15)2-3-12(14)4-5-12/h6-7,15H,2-5,14H2,1H3. The predicted octanol–water partition coefficient (Wildman–Crippen LogP) is 2.48. The van der Waals surface area contributed by atoms with Gasteiger partial charge in [0.2, 0.25) is 0 Å². The molecule has 4 heteroatoms. The van der Waals surface area contributed by atoms with Crippen molar-refractivity contribution in [1.82, 2.24) is 0 Å². The highest BCUT2D eigenvalue weighted by atomic mass is 35.5. The van der Waals surface area contributed by atoms with Gasteiger partial charge in [-0.15, -0.1) is 0 Å². The third kappa shape index (κ3) is 2.42. The number of nitrogens with two attached hydrogens (primary N) is 1. The SMILES string of the molecule is COc1cc(Cl)c(CCC2(N)CC2)cc1O. The van der Waals surface area contributed by atoms with Crippen LogP contribution in [-0.2, 0) is 6.42 Å². The fraction of sp³-hybridized carbons (Fsp3) is 0.500. The number of halogens is 1. The molecule has 0 bridgehead atoms. The van der Waals surface area contributed by atoms with Gasteiger partial charge in [0.25, 0.3) is 0 Å². The van der Waals surface area contributed by atoms with Crippen LogP contribution in [0.25, 0.3) is 0 Å². The summed E-state index contributed by atoms with van der Waals surface area (Å²) >= 11 is 6.10. The zero-order chi connectivity index (χ0) is 11.8. The van der Waals surface area contributed by atoms with Crippen molar-refractivity contribution in [2.75, 3.05) is 7.11 Å². The summed E-state index contributed by atoms with van der Waals surface area (Å²) in [7, 11) is 1.50. The third-order valence-corrected chi connectivity index (χ3v) is 3.48. The Morgan fingerprint density at radius 2 is 2.19 bits per heavy atom. The average Bonchev–Trinajstić information content (AvgIpc) is 2.98. The molecule has 0 saturated heterocycles. The van der Waals surface area contributed by atoms with Gasteiger partial charge in [-0.3, -0.25) is 0 Å². The Kier molecular flexibility index (Phi) is 3.00. The van der Waals surface area contributed by atoms with E-state index in [2.05, 4.69) is 0 Å². The molecule has 88 valence electrons. The molecular weight excluding hydrogens is 226 g/mol. The molecule has 1 aromatic rings. The van der Waals surface area contributed by atoms with Gasteiger partial charge in [0.1, 0.15) is 0 Å². The molecule has 3 nitrogen and oxygen atoms in total. The van der Waals surface area contributed by atoms with Crippen LogP contribution in [0.15, 0.2) is 12.1 Å². The molecule has 0 radical (unpaired) electrons. The number of phenolic OH excluding ortho intramolecular Hbond substituents is 1. The number of hydrogen-bond donors (Lipinski definition) is 2. The van der Waals surface area contributed by atoms with E-state index < -0.39 is 0 Å². The van der Waals surface area contributed by atoms with Gasteiger partial charge in [-0.25, -0.2) is 0 Å². The molecule has 1 saturated carbocycles. The summed E-state index contributed by atoms with van der Waals surface area (Å²) in [6.45, 7) is 0. The van der Waals surface area contributed by atoms with Crippen molar-refractivity contribution >= 4 is 11.6 Å². The van der Waals surface area contributed by atoms with Crippen molar-refractivity contribution in [2.24, 2.45) is 5.73 Å². The quantitative estimate of drug-likeness (QED) is 0.852. The number of aromatic hydroxyl groups is 1. The highest BCUT2D eigenvalue weighted by Crippen LogP contribution is 2.38. The lowest BCUT2D eigenvalue weighted by Gasteiger charge is -2.11. The second-order valence-corrected chi connectivity index (χ2v) is 4.89. The number of ether oxygens (including phenoxy) is 1. The zero-order valence-corrected chi connectivity index (χ0v) is 10.0. The van der Waals surface area contributed by atoms with E-state index in [4.69, 9.17) is 22.1 Å². The minimum atomic E-state index is 0.0128. The Bertz CT molecular complexity index is 402. The second kappa shape index (κ2) is 4.15. The van der Waals surface area contributed by atoms with Crippen LogP contribution in [0, 0.1) is 0 Å². The van der Waals surface area contributed by atoms with Gasteiger partial charge in [-0.1, -0.05) is 11.6 Å².